The third-order valence-electron chi connectivity index (χ3n) is 2.24. The minimum atomic E-state index is -4.41. The second kappa shape index (κ2) is 5.37. The highest BCUT2D eigenvalue weighted by Gasteiger charge is 2.27. The molecule has 1 heterocycles. The number of halogens is 3. The molecule has 0 radical (unpaired) electrons. The highest BCUT2D eigenvalue weighted by atomic mass is 19.4. The lowest BCUT2D eigenvalue weighted by molar-refractivity contribution is -0.190. The van der Waals surface area contributed by atoms with Gasteiger partial charge in [0.15, 0.2) is 6.61 Å². The maximum atomic E-state index is 11.8. The van der Waals surface area contributed by atoms with Crippen molar-refractivity contribution in [1.29, 1.82) is 0 Å². The summed E-state index contributed by atoms with van der Waals surface area (Å²) in [5, 5.41) is 0.419. The lowest BCUT2D eigenvalue weighted by Crippen LogP contribution is -2.26. The van der Waals surface area contributed by atoms with Crippen LogP contribution in [0.5, 0.6) is 0 Å². The van der Waals surface area contributed by atoms with Gasteiger partial charge in [0.25, 0.3) is 5.56 Å². The number of H-pyrrole nitrogens is 1. The van der Waals surface area contributed by atoms with Crippen LogP contribution < -0.4 is 11.0 Å². The number of hydrogen-bond acceptors (Lipinski definition) is 4. The Hall–Kier alpha value is -1.93. The summed E-state index contributed by atoms with van der Waals surface area (Å²) >= 11 is 0. The van der Waals surface area contributed by atoms with Crippen LogP contribution in [0.4, 0.5) is 13.2 Å². The molecular weight excluding hydrogens is 263 g/mol. The number of aromatic amines is 1. The number of nitrogens with zero attached hydrogens (tertiary/aromatic N) is 1. The molecule has 2 N–H and O–H groups in total. The lowest BCUT2D eigenvalue weighted by Gasteiger charge is -2.08. The van der Waals surface area contributed by atoms with Gasteiger partial charge < -0.3 is 4.98 Å². The van der Waals surface area contributed by atoms with Crippen molar-refractivity contribution in [3.05, 3.63) is 40.4 Å². The molecule has 0 spiro atoms. The molecule has 102 valence electrons. The first-order valence-corrected chi connectivity index (χ1v) is 5.35. The van der Waals surface area contributed by atoms with Gasteiger partial charge >= 0.3 is 6.18 Å². The number of hydroxylamine groups is 1. The molecule has 0 aliphatic rings. The van der Waals surface area contributed by atoms with E-state index in [9.17, 15) is 18.0 Å². The number of nitrogens with one attached hydrogen (secondary N) is 2. The van der Waals surface area contributed by atoms with E-state index in [1.54, 1.807) is 24.3 Å². The SMILES string of the molecule is O=c1[nH]c(CNOCC(F)(F)F)nc2ccccc12. The van der Waals surface area contributed by atoms with Gasteiger partial charge in [0.2, 0.25) is 0 Å². The van der Waals surface area contributed by atoms with Crippen molar-refractivity contribution in [3.63, 3.8) is 0 Å². The van der Waals surface area contributed by atoms with Crippen LogP contribution in [0.25, 0.3) is 10.9 Å². The molecule has 2 aromatic rings. The van der Waals surface area contributed by atoms with Crippen LogP contribution in [0, 0.1) is 0 Å². The summed E-state index contributed by atoms with van der Waals surface area (Å²) in [4.78, 5) is 22.4. The number of aromatic nitrogens is 2. The monoisotopic (exact) mass is 273 g/mol. The Labute approximate surface area is 105 Å². The Balaban J connectivity index is 2.04. The molecule has 1 aromatic heterocycles. The molecule has 8 heteroatoms. The van der Waals surface area contributed by atoms with Crippen LogP contribution in [-0.2, 0) is 11.4 Å². The molecule has 19 heavy (non-hydrogen) atoms. The summed E-state index contributed by atoms with van der Waals surface area (Å²) in [6.07, 6.45) is -4.41. The third kappa shape index (κ3) is 3.76. The van der Waals surface area contributed by atoms with E-state index in [0.717, 1.165) is 0 Å². The zero-order chi connectivity index (χ0) is 13.9. The summed E-state index contributed by atoms with van der Waals surface area (Å²) in [7, 11) is 0. The first-order valence-electron chi connectivity index (χ1n) is 5.35. The van der Waals surface area contributed by atoms with Gasteiger partial charge in [0.1, 0.15) is 5.82 Å². The van der Waals surface area contributed by atoms with Gasteiger partial charge in [-0.1, -0.05) is 12.1 Å². The highest BCUT2D eigenvalue weighted by Crippen LogP contribution is 2.13. The van der Waals surface area contributed by atoms with E-state index in [2.05, 4.69) is 20.3 Å². The average Bonchev–Trinajstić information content (AvgIpc) is 2.34. The molecule has 0 aliphatic heterocycles. The third-order valence-corrected chi connectivity index (χ3v) is 2.24. The molecule has 0 unspecified atom stereocenters. The second-order valence-electron chi connectivity index (χ2n) is 3.75. The van der Waals surface area contributed by atoms with Gasteiger partial charge in [0.05, 0.1) is 17.4 Å². The average molecular weight is 273 g/mol. The Kier molecular flexibility index (Phi) is 3.82. The molecule has 0 fully saturated rings. The fraction of sp³-hybridized carbons (Fsp3) is 0.273. The highest BCUT2D eigenvalue weighted by molar-refractivity contribution is 5.77. The molecule has 0 saturated carbocycles. The number of rotatable bonds is 4. The fourth-order valence-corrected chi connectivity index (χ4v) is 1.47. The number of para-hydroxylation sites is 1. The fourth-order valence-electron chi connectivity index (χ4n) is 1.47. The van der Waals surface area contributed by atoms with Gasteiger partial charge in [-0.15, -0.1) is 0 Å². The normalized spacial score (nSPS) is 11.9. The molecule has 0 atom stereocenters. The Morgan fingerprint density at radius 1 is 1.32 bits per heavy atom. The van der Waals surface area contributed by atoms with E-state index in [-0.39, 0.29) is 17.9 Å². The van der Waals surface area contributed by atoms with Crippen LogP contribution in [0.1, 0.15) is 5.82 Å². The van der Waals surface area contributed by atoms with Crippen LogP contribution >= 0.6 is 0 Å². The summed E-state index contributed by atoms with van der Waals surface area (Å²) < 4.78 is 35.4. The van der Waals surface area contributed by atoms with Crippen LogP contribution in [0.2, 0.25) is 0 Å². The molecule has 1 aromatic carbocycles. The molecule has 2 rings (SSSR count). The minimum absolute atomic E-state index is 0.129. The summed E-state index contributed by atoms with van der Waals surface area (Å²) in [5.74, 6) is 0.200. The van der Waals surface area contributed by atoms with Gasteiger partial charge in [-0.2, -0.15) is 18.7 Å². The number of hydrogen-bond donors (Lipinski definition) is 2. The predicted molar refractivity (Wildman–Crippen MR) is 61.2 cm³/mol. The van der Waals surface area contributed by atoms with E-state index in [1.165, 1.54) is 0 Å². The van der Waals surface area contributed by atoms with Crippen molar-refractivity contribution in [2.24, 2.45) is 0 Å². The zero-order valence-electron chi connectivity index (χ0n) is 9.62. The predicted octanol–water partition coefficient (Wildman–Crippen LogP) is 1.51. The second-order valence-corrected chi connectivity index (χ2v) is 3.75. The topological polar surface area (TPSA) is 67.0 Å². The molecular formula is C11H10F3N3O2. The van der Waals surface area contributed by atoms with Gasteiger partial charge in [-0.05, 0) is 12.1 Å². The largest absolute Gasteiger partial charge is 0.413 e. The number of benzene rings is 1. The molecule has 0 aliphatic carbocycles. The number of alkyl halides is 3. The quantitative estimate of drug-likeness (QED) is 0.654. The van der Waals surface area contributed by atoms with E-state index in [4.69, 9.17) is 0 Å². The lowest BCUT2D eigenvalue weighted by atomic mass is 10.2. The molecule has 5 nitrogen and oxygen atoms in total. The molecule has 0 amide bonds. The van der Waals surface area contributed by atoms with Crippen molar-refractivity contribution >= 4 is 10.9 Å². The van der Waals surface area contributed by atoms with Crippen molar-refractivity contribution in [3.8, 4) is 0 Å². The van der Waals surface area contributed by atoms with E-state index < -0.39 is 12.8 Å². The van der Waals surface area contributed by atoms with E-state index >= 15 is 0 Å². The summed E-state index contributed by atoms with van der Waals surface area (Å²) in [5.41, 5.74) is 2.22. The first-order chi connectivity index (χ1) is 8.96. The molecule has 0 saturated heterocycles. The first kappa shape index (κ1) is 13.5. The van der Waals surface area contributed by atoms with E-state index in [0.29, 0.717) is 10.9 Å². The van der Waals surface area contributed by atoms with Crippen molar-refractivity contribution < 1.29 is 18.0 Å². The summed E-state index contributed by atoms with van der Waals surface area (Å²) in [6, 6.07) is 6.67. The maximum Gasteiger partial charge on any atom is 0.413 e. The van der Waals surface area contributed by atoms with Gasteiger partial charge in [-0.25, -0.2) is 4.98 Å². The zero-order valence-corrected chi connectivity index (χ0v) is 9.62. The Morgan fingerprint density at radius 2 is 2.05 bits per heavy atom. The van der Waals surface area contributed by atoms with Crippen LogP contribution in [0.3, 0.4) is 0 Å². The minimum Gasteiger partial charge on any atom is -0.309 e. The van der Waals surface area contributed by atoms with Crippen molar-refractivity contribution in [2.75, 3.05) is 6.61 Å². The Morgan fingerprint density at radius 3 is 2.79 bits per heavy atom. The standard InChI is InChI=1S/C11H10F3N3O2/c12-11(13,14)6-19-15-5-9-16-8-4-2-1-3-7(8)10(18)17-9/h1-4,15H,5-6H2,(H,16,17,18). The molecule has 0 bridgehead atoms. The van der Waals surface area contributed by atoms with Crippen LogP contribution in [-0.4, -0.2) is 22.8 Å². The van der Waals surface area contributed by atoms with Crippen LogP contribution in [0.15, 0.2) is 29.1 Å². The number of fused-ring (bicyclic) bond motifs is 1. The van der Waals surface area contributed by atoms with Gasteiger partial charge in [-0.3, -0.25) is 9.63 Å². The van der Waals surface area contributed by atoms with Crippen molar-refractivity contribution in [2.45, 2.75) is 12.7 Å². The maximum absolute atomic E-state index is 11.8. The van der Waals surface area contributed by atoms with Crippen molar-refractivity contribution in [1.82, 2.24) is 15.4 Å². The van der Waals surface area contributed by atoms with E-state index in [1.807, 2.05) is 0 Å². The summed E-state index contributed by atoms with van der Waals surface area (Å²) in [6.45, 7) is -1.54. The Bertz CT molecular complexity index is 624. The smallest absolute Gasteiger partial charge is 0.309 e. The van der Waals surface area contributed by atoms with Gasteiger partial charge in [0, 0.05) is 0 Å².